The van der Waals surface area contributed by atoms with Gasteiger partial charge in [-0.3, -0.25) is 4.79 Å². The second-order valence-corrected chi connectivity index (χ2v) is 9.02. The Labute approximate surface area is 180 Å². The molecule has 1 amide bonds. The molecule has 8 heteroatoms. The minimum atomic E-state index is 0.140. The lowest BCUT2D eigenvalue weighted by atomic mass is 9.58. The van der Waals surface area contributed by atoms with Crippen LogP contribution in [0.25, 0.3) is 22.3 Å². The molecule has 1 saturated carbocycles. The molecule has 2 aromatic heterocycles. The maximum atomic E-state index is 12.5. The summed E-state index contributed by atoms with van der Waals surface area (Å²) in [6.07, 6.45) is 3.62. The molecule has 0 unspecified atom stereocenters. The van der Waals surface area contributed by atoms with Crippen molar-refractivity contribution in [1.29, 1.82) is 0 Å². The van der Waals surface area contributed by atoms with Crippen LogP contribution in [-0.2, 0) is 9.53 Å². The minimum Gasteiger partial charge on any atom is -0.378 e. The van der Waals surface area contributed by atoms with E-state index in [4.69, 9.17) is 4.74 Å². The maximum Gasteiger partial charge on any atom is 0.227 e. The van der Waals surface area contributed by atoms with Crippen LogP contribution in [0.3, 0.4) is 0 Å². The van der Waals surface area contributed by atoms with Gasteiger partial charge >= 0.3 is 0 Å². The predicted octanol–water partition coefficient (Wildman–Crippen LogP) is 2.40. The third kappa shape index (κ3) is 3.36. The lowest BCUT2D eigenvalue weighted by Gasteiger charge is -2.53. The number of amides is 1. The molecule has 8 nitrogen and oxygen atoms in total. The Morgan fingerprint density at radius 3 is 2.61 bits per heavy atom. The monoisotopic (exact) mass is 418 g/mol. The quantitative estimate of drug-likeness (QED) is 0.602. The zero-order chi connectivity index (χ0) is 20.8. The number of benzene rings is 1. The Balaban J connectivity index is 1.18. The van der Waals surface area contributed by atoms with Crippen molar-refractivity contribution in [3.05, 3.63) is 36.7 Å². The Hall–Kier alpha value is -2.97. The van der Waals surface area contributed by atoms with Crippen LogP contribution in [0.15, 0.2) is 36.7 Å². The largest absolute Gasteiger partial charge is 0.378 e. The van der Waals surface area contributed by atoms with Crippen LogP contribution in [0.1, 0.15) is 12.8 Å². The number of aromatic nitrogens is 3. The van der Waals surface area contributed by atoms with Crippen LogP contribution in [0, 0.1) is 11.3 Å². The van der Waals surface area contributed by atoms with Gasteiger partial charge in [0.25, 0.3) is 0 Å². The number of ether oxygens (including phenoxy) is 1. The molecule has 1 aliphatic carbocycles. The van der Waals surface area contributed by atoms with Crippen molar-refractivity contribution in [1.82, 2.24) is 20.3 Å². The van der Waals surface area contributed by atoms with Crippen molar-refractivity contribution in [2.24, 2.45) is 11.3 Å². The number of carbonyl (C=O) groups is 1. The number of aromatic amines is 1. The minimum absolute atomic E-state index is 0.140. The Bertz CT molecular complexity index is 1110. The van der Waals surface area contributed by atoms with Crippen molar-refractivity contribution < 1.29 is 9.53 Å². The predicted molar refractivity (Wildman–Crippen MR) is 119 cm³/mol. The number of H-pyrrole nitrogens is 1. The van der Waals surface area contributed by atoms with E-state index in [9.17, 15) is 4.79 Å². The fourth-order valence-corrected chi connectivity index (χ4v) is 5.03. The Morgan fingerprint density at radius 2 is 1.90 bits per heavy atom. The fraction of sp³-hybridized carbons (Fsp3) is 0.435. The van der Waals surface area contributed by atoms with E-state index in [-0.39, 0.29) is 11.8 Å². The van der Waals surface area contributed by atoms with Gasteiger partial charge in [-0.1, -0.05) is 12.1 Å². The number of hydrogen-bond acceptors (Lipinski definition) is 6. The molecule has 1 aromatic carbocycles. The molecular formula is C23H26N6O2. The first kappa shape index (κ1) is 18.8. The highest BCUT2D eigenvalue weighted by atomic mass is 16.5. The van der Waals surface area contributed by atoms with Gasteiger partial charge in [0, 0.05) is 43.5 Å². The molecule has 2 aliphatic heterocycles. The highest BCUT2D eigenvalue weighted by Crippen LogP contribution is 2.48. The molecular weight excluding hydrogens is 392 g/mol. The lowest BCUT2D eigenvalue weighted by molar-refractivity contribution is -0.129. The standard InChI is InChI=1S/C23H26N6O2/c30-22(16-10-23(11-16)12-24-13-23)27-17-3-1-15(2-4-17)19-9-18-20(28-19)25-14-26-21(18)29-5-7-31-8-6-29/h1-4,9,14,16,24H,5-8,10-13H2,(H,27,30)(H,25,26,28). The van der Waals surface area contributed by atoms with Crippen molar-refractivity contribution in [3.8, 4) is 11.3 Å². The Morgan fingerprint density at radius 1 is 1.13 bits per heavy atom. The molecule has 3 fully saturated rings. The van der Waals surface area contributed by atoms with E-state index in [1.54, 1.807) is 6.33 Å². The van der Waals surface area contributed by atoms with E-state index in [0.29, 0.717) is 18.6 Å². The second-order valence-electron chi connectivity index (χ2n) is 9.02. The summed E-state index contributed by atoms with van der Waals surface area (Å²) in [5, 5.41) is 7.41. The molecule has 3 N–H and O–H groups in total. The van der Waals surface area contributed by atoms with Gasteiger partial charge in [0.05, 0.1) is 18.6 Å². The third-order valence-electron chi connectivity index (χ3n) is 6.91. The van der Waals surface area contributed by atoms with E-state index in [2.05, 4.69) is 36.6 Å². The van der Waals surface area contributed by atoms with Gasteiger partial charge in [-0.25, -0.2) is 9.97 Å². The topological polar surface area (TPSA) is 95.2 Å². The first-order valence-electron chi connectivity index (χ1n) is 11.0. The number of fused-ring (bicyclic) bond motifs is 1. The molecule has 31 heavy (non-hydrogen) atoms. The van der Waals surface area contributed by atoms with Crippen molar-refractivity contribution in [2.75, 3.05) is 49.6 Å². The highest BCUT2D eigenvalue weighted by molar-refractivity contribution is 5.94. The van der Waals surface area contributed by atoms with Crippen LogP contribution < -0.4 is 15.5 Å². The van der Waals surface area contributed by atoms with Crippen molar-refractivity contribution in [3.63, 3.8) is 0 Å². The summed E-state index contributed by atoms with van der Waals surface area (Å²) in [6.45, 7) is 5.23. The average Bonchev–Trinajstić information content (AvgIpc) is 3.17. The average molecular weight is 419 g/mol. The zero-order valence-electron chi connectivity index (χ0n) is 17.4. The molecule has 160 valence electrons. The first-order chi connectivity index (χ1) is 15.2. The number of rotatable bonds is 4. The summed E-state index contributed by atoms with van der Waals surface area (Å²) in [5.74, 6) is 1.23. The van der Waals surface area contributed by atoms with Gasteiger partial charge in [0.1, 0.15) is 17.8 Å². The second kappa shape index (κ2) is 7.32. The van der Waals surface area contributed by atoms with E-state index >= 15 is 0 Å². The van der Waals surface area contributed by atoms with Gasteiger partial charge < -0.3 is 25.3 Å². The smallest absolute Gasteiger partial charge is 0.227 e. The number of morpholine rings is 1. The molecule has 0 atom stereocenters. The molecule has 2 saturated heterocycles. The number of nitrogens with zero attached hydrogens (tertiary/aromatic N) is 3. The van der Waals surface area contributed by atoms with Gasteiger partial charge in [0.15, 0.2) is 0 Å². The SMILES string of the molecule is O=C(Nc1ccc(-c2cc3c(N4CCOCC4)ncnc3[nH]2)cc1)C1CC2(CNC2)C1. The summed E-state index contributed by atoms with van der Waals surface area (Å²) >= 11 is 0. The van der Waals surface area contributed by atoms with E-state index in [1.807, 2.05) is 24.3 Å². The van der Waals surface area contributed by atoms with E-state index in [1.165, 1.54) is 0 Å². The summed E-state index contributed by atoms with van der Waals surface area (Å²) in [6, 6.07) is 10.1. The Kier molecular flexibility index (Phi) is 4.43. The summed E-state index contributed by atoms with van der Waals surface area (Å²) < 4.78 is 5.47. The molecule has 3 aromatic rings. The zero-order valence-corrected chi connectivity index (χ0v) is 17.4. The van der Waals surface area contributed by atoms with E-state index in [0.717, 1.165) is 72.8 Å². The fourth-order valence-electron chi connectivity index (χ4n) is 5.03. The van der Waals surface area contributed by atoms with Crippen LogP contribution >= 0.6 is 0 Å². The van der Waals surface area contributed by atoms with Crippen LogP contribution in [-0.4, -0.2) is 60.3 Å². The summed E-state index contributed by atoms with van der Waals surface area (Å²) in [5.41, 5.74) is 4.11. The van der Waals surface area contributed by atoms with Crippen LogP contribution in [0.4, 0.5) is 11.5 Å². The summed E-state index contributed by atoms with van der Waals surface area (Å²) in [4.78, 5) is 27.1. The maximum absolute atomic E-state index is 12.5. The molecule has 4 heterocycles. The summed E-state index contributed by atoms with van der Waals surface area (Å²) in [7, 11) is 0. The third-order valence-corrected chi connectivity index (χ3v) is 6.91. The number of nitrogens with one attached hydrogen (secondary N) is 3. The highest BCUT2D eigenvalue weighted by Gasteiger charge is 2.50. The normalized spacial score (nSPS) is 20.5. The molecule has 6 rings (SSSR count). The van der Waals surface area contributed by atoms with Gasteiger partial charge in [-0.15, -0.1) is 0 Å². The number of anilines is 2. The van der Waals surface area contributed by atoms with Gasteiger partial charge in [0.2, 0.25) is 5.91 Å². The van der Waals surface area contributed by atoms with Crippen LogP contribution in [0.2, 0.25) is 0 Å². The van der Waals surface area contributed by atoms with Crippen molar-refractivity contribution >= 4 is 28.4 Å². The van der Waals surface area contributed by atoms with E-state index < -0.39 is 0 Å². The van der Waals surface area contributed by atoms with Gasteiger partial charge in [-0.05, 0) is 42.0 Å². The lowest BCUT2D eigenvalue weighted by Crippen LogP contribution is -2.61. The molecule has 3 aliphatic rings. The number of carbonyl (C=O) groups excluding carboxylic acids is 1. The first-order valence-corrected chi connectivity index (χ1v) is 11.0. The number of hydrogen-bond donors (Lipinski definition) is 3. The molecule has 0 radical (unpaired) electrons. The molecule has 0 bridgehead atoms. The van der Waals surface area contributed by atoms with Gasteiger partial charge in [-0.2, -0.15) is 0 Å². The van der Waals surface area contributed by atoms with Crippen LogP contribution in [0.5, 0.6) is 0 Å². The molecule has 1 spiro atoms. The van der Waals surface area contributed by atoms with Crippen molar-refractivity contribution in [2.45, 2.75) is 12.8 Å².